The largest absolute Gasteiger partial charge is 1.00 e. The summed E-state index contributed by atoms with van der Waals surface area (Å²) in [4.78, 5) is 9.23. The molecule has 0 amide bonds. The Morgan fingerprint density at radius 3 is 2.67 bits per heavy atom. The Balaban J connectivity index is 0. The van der Waals surface area contributed by atoms with Crippen molar-refractivity contribution in [1.29, 1.82) is 0 Å². The van der Waals surface area contributed by atoms with Gasteiger partial charge in [0.15, 0.2) is 0 Å². The van der Waals surface area contributed by atoms with E-state index in [1.165, 1.54) is 0 Å². The summed E-state index contributed by atoms with van der Waals surface area (Å²) in [5.74, 6) is 0. The summed E-state index contributed by atoms with van der Waals surface area (Å²) in [5, 5.41) is 19.5. The smallest absolute Gasteiger partial charge is 0.724 e. The molecule has 0 aliphatic rings. The molecule has 0 aromatic carbocycles. The van der Waals surface area contributed by atoms with Crippen molar-refractivity contribution in [3.05, 3.63) is 10.1 Å². The second-order valence-electron chi connectivity index (χ2n) is 0.986. The van der Waals surface area contributed by atoms with Crippen molar-refractivity contribution in [3.8, 4) is 0 Å². The Bertz CT molecular complexity index is 72.1. The van der Waals surface area contributed by atoms with E-state index in [2.05, 4.69) is 0 Å². The van der Waals surface area contributed by atoms with E-state index < -0.39 is 0 Å². The number of hydrogen-bond donors (Lipinski definition) is 2. The predicted octanol–water partition coefficient (Wildman–Crippen LogP) is -4.03. The van der Waals surface area contributed by atoms with Crippen LogP contribution in [-0.2, 0) is 0 Å². The van der Waals surface area contributed by atoms with E-state index in [1.807, 2.05) is 10.7 Å². The van der Waals surface area contributed by atoms with Gasteiger partial charge in [0, 0.05) is 6.54 Å². The van der Waals surface area contributed by atoms with Crippen molar-refractivity contribution in [3.63, 3.8) is 0 Å². The van der Waals surface area contributed by atoms with Crippen molar-refractivity contribution in [2.24, 2.45) is 5.29 Å². The molecule has 0 heterocycles. The van der Waals surface area contributed by atoms with Gasteiger partial charge in [-0.3, -0.25) is 5.28 Å². The summed E-state index contributed by atoms with van der Waals surface area (Å²) in [6.45, 7) is -0.163. The minimum absolute atomic E-state index is 0. The molecule has 0 rings (SSSR count). The van der Waals surface area contributed by atoms with Gasteiger partial charge in [-0.25, -0.2) is 5.43 Å². The third-order valence-electron chi connectivity index (χ3n) is 0.433. The summed E-state index contributed by atoms with van der Waals surface area (Å²) in [6.07, 6.45) is 0. The first kappa shape index (κ1) is 12.0. The predicted molar refractivity (Wildman–Crippen MR) is 26.1 cm³/mol. The second-order valence-corrected chi connectivity index (χ2v) is 0.986. The first-order valence-corrected chi connectivity index (χ1v) is 1.96. The van der Waals surface area contributed by atoms with Crippen LogP contribution in [0.25, 0.3) is 0 Å². The van der Waals surface area contributed by atoms with Crippen LogP contribution < -0.4 is 35.0 Å². The minimum Gasteiger partial charge on any atom is -0.724 e. The third-order valence-corrected chi connectivity index (χ3v) is 0.433. The van der Waals surface area contributed by atoms with Crippen molar-refractivity contribution >= 4 is 0 Å². The Morgan fingerprint density at radius 2 is 2.33 bits per heavy atom. The first-order chi connectivity index (χ1) is 3.81. The van der Waals surface area contributed by atoms with E-state index in [1.54, 1.807) is 0 Å². The monoisotopic (exact) mass is 143 g/mol. The van der Waals surface area contributed by atoms with Gasteiger partial charge in [-0.2, -0.15) is 0 Å². The first-order valence-electron chi connectivity index (χ1n) is 1.96. The standard InChI is InChI=1S/C2H6N3O3.Na/c6-2-1-3-5(8)4-7;/h3,6H,1-2H2;/q-1;+1. The molecule has 2 N–H and O–H groups in total. The fraction of sp³-hybridized carbons (Fsp3) is 1.00. The Hall–Kier alpha value is 0.280. The summed E-state index contributed by atoms with van der Waals surface area (Å²) in [7, 11) is 0. The zero-order valence-electron chi connectivity index (χ0n) is 5.07. The van der Waals surface area contributed by atoms with Gasteiger partial charge in [0.2, 0.25) is 0 Å². The summed E-state index contributed by atoms with van der Waals surface area (Å²) in [6, 6.07) is 0. The van der Waals surface area contributed by atoms with Gasteiger partial charge < -0.3 is 10.3 Å². The second kappa shape index (κ2) is 8.28. The number of nitrogens with one attached hydrogen (secondary N) is 1. The molecular weight excluding hydrogens is 137 g/mol. The average Bonchev–Trinajstić information content (AvgIpc) is 1.83. The zero-order chi connectivity index (χ0) is 6.41. The molecule has 6 nitrogen and oxygen atoms in total. The van der Waals surface area contributed by atoms with E-state index in [4.69, 9.17) is 5.11 Å². The number of rotatable bonds is 4. The third kappa shape index (κ3) is 8.28. The number of aliphatic hydroxyl groups is 1. The van der Waals surface area contributed by atoms with Crippen molar-refractivity contribution in [2.75, 3.05) is 13.2 Å². The van der Waals surface area contributed by atoms with Crippen LogP contribution >= 0.6 is 0 Å². The van der Waals surface area contributed by atoms with E-state index in [0.29, 0.717) is 0 Å². The van der Waals surface area contributed by atoms with E-state index in [0.717, 1.165) is 0 Å². The molecule has 0 aromatic heterocycles. The van der Waals surface area contributed by atoms with Gasteiger partial charge in [0.1, 0.15) is 0 Å². The molecule has 0 saturated carbocycles. The fourth-order valence-corrected chi connectivity index (χ4v) is 0.175. The summed E-state index contributed by atoms with van der Waals surface area (Å²) >= 11 is 0. The van der Waals surface area contributed by atoms with Gasteiger partial charge in [-0.15, -0.1) is 4.91 Å². The van der Waals surface area contributed by atoms with Crippen LogP contribution in [0.1, 0.15) is 0 Å². The molecule has 48 valence electrons. The number of hydrogen-bond acceptors (Lipinski definition) is 5. The average molecular weight is 143 g/mol. The molecule has 0 unspecified atom stereocenters. The molecule has 7 heteroatoms. The van der Waals surface area contributed by atoms with Gasteiger partial charge in [-0.1, -0.05) is 0 Å². The Morgan fingerprint density at radius 1 is 1.78 bits per heavy atom. The molecule has 0 spiro atoms. The Labute approximate surface area is 74.0 Å². The number of nitroso groups, excluding NO2 is 1. The Kier molecular flexibility index (Phi) is 11.0. The number of aliphatic hydroxyl groups excluding tert-OH is 1. The quantitative estimate of drug-likeness (QED) is 0.237. The van der Waals surface area contributed by atoms with Crippen LogP contribution in [0.2, 0.25) is 0 Å². The minimum atomic E-state index is -0.254. The van der Waals surface area contributed by atoms with Crippen LogP contribution in [-0.4, -0.2) is 23.5 Å². The SMILES string of the molecule is O=NN([O-])NCCO.[Na+]. The van der Waals surface area contributed by atoms with Crippen LogP contribution in [0.15, 0.2) is 5.29 Å². The maximum atomic E-state index is 9.79. The molecule has 0 aliphatic heterocycles. The maximum Gasteiger partial charge on any atom is 1.00 e. The molecule has 9 heavy (non-hydrogen) atoms. The van der Waals surface area contributed by atoms with Crippen LogP contribution in [0, 0.1) is 10.1 Å². The summed E-state index contributed by atoms with van der Waals surface area (Å²) < 4.78 is 0. The van der Waals surface area contributed by atoms with Gasteiger partial charge in [0.25, 0.3) is 0 Å². The molecule has 0 bridgehead atoms. The molecule has 0 saturated heterocycles. The molecule has 0 fully saturated rings. The van der Waals surface area contributed by atoms with E-state index in [9.17, 15) is 10.1 Å². The van der Waals surface area contributed by atoms with Crippen LogP contribution in [0.5, 0.6) is 0 Å². The van der Waals surface area contributed by atoms with Crippen molar-refractivity contribution in [1.82, 2.24) is 10.7 Å². The van der Waals surface area contributed by atoms with Gasteiger partial charge in [-0.05, 0) is 0 Å². The van der Waals surface area contributed by atoms with E-state index in [-0.39, 0.29) is 48.0 Å². The summed E-state index contributed by atoms with van der Waals surface area (Å²) in [5.41, 5.74) is 1.93. The maximum absolute atomic E-state index is 9.79. The topological polar surface area (TPSA) is 88.0 Å². The van der Waals surface area contributed by atoms with Crippen molar-refractivity contribution in [2.45, 2.75) is 0 Å². The zero-order valence-corrected chi connectivity index (χ0v) is 7.07. The van der Waals surface area contributed by atoms with Gasteiger partial charge in [0.05, 0.1) is 11.9 Å². The van der Waals surface area contributed by atoms with E-state index >= 15 is 0 Å². The number of nitrogens with zero attached hydrogens (tertiary/aromatic N) is 2. The molecule has 0 aromatic rings. The van der Waals surface area contributed by atoms with Crippen LogP contribution in [0.3, 0.4) is 0 Å². The molecular formula is C2H6N3NaO3. The normalized spacial score (nSPS) is 7.78. The molecule has 0 aliphatic carbocycles. The van der Waals surface area contributed by atoms with Crippen LogP contribution in [0.4, 0.5) is 0 Å². The fourth-order valence-electron chi connectivity index (χ4n) is 0.175. The van der Waals surface area contributed by atoms with Crippen molar-refractivity contribution < 1.29 is 34.7 Å². The number of hydrazine groups is 1. The molecule has 0 atom stereocenters. The van der Waals surface area contributed by atoms with Gasteiger partial charge >= 0.3 is 29.6 Å². The molecule has 0 radical (unpaired) electrons.